The van der Waals surface area contributed by atoms with Gasteiger partial charge in [-0.05, 0) is 0 Å². The molecule has 104 valence electrons. The zero-order chi connectivity index (χ0) is 14.0. The minimum Gasteiger partial charge on any atom is -0.478 e. The van der Waals surface area contributed by atoms with E-state index in [9.17, 15) is 13.8 Å². The minimum absolute atomic E-state index is 0.0337. The molecule has 0 aliphatic carbocycles. The van der Waals surface area contributed by atoms with Crippen LogP contribution in [0.5, 0.6) is 0 Å². The number of carboxylic acids is 1. The Kier molecular flexibility index (Phi) is 4.04. The lowest BCUT2D eigenvalue weighted by Crippen LogP contribution is -2.41. The van der Waals surface area contributed by atoms with Gasteiger partial charge in [0.2, 0.25) is 0 Å². The average Bonchev–Trinajstić information content (AvgIpc) is 2.83. The molecular weight excluding hydrogens is 270 g/mol. The third-order valence-electron chi connectivity index (χ3n) is 3.04. The van der Waals surface area contributed by atoms with E-state index in [-0.39, 0.29) is 17.2 Å². The van der Waals surface area contributed by atoms with Gasteiger partial charge in [0.15, 0.2) is 5.76 Å². The Morgan fingerprint density at radius 3 is 2.53 bits per heavy atom. The van der Waals surface area contributed by atoms with E-state index < -0.39 is 16.8 Å². The fraction of sp³-hybridized carbons (Fsp3) is 0.500. The predicted molar refractivity (Wildman–Crippen MR) is 68.8 cm³/mol. The van der Waals surface area contributed by atoms with Gasteiger partial charge < -0.3 is 14.4 Å². The molecule has 0 spiro atoms. The fourth-order valence-electron chi connectivity index (χ4n) is 1.97. The van der Waals surface area contributed by atoms with Crippen LogP contribution in [-0.2, 0) is 17.2 Å². The molecule has 1 aromatic rings. The number of carbonyl (C=O) groups is 2. The number of carbonyl (C=O) groups excluding carboxylic acids is 1. The summed E-state index contributed by atoms with van der Waals surface area (Å²) in [7, 11) is -0.861. The number of furan rings is 1. The lowest BCUT2D eigenvalue weighted by molar-refractivity contribution is 0.0692. The number of rotatable bonds is 3. The Balaban J connectivity index is 2.19. The summed E-state index contributed by atoms with van der Waals surface area (Å²) < 4.78 is 16.6. The first-order valence-electron chi connectivity index (χ1n) is 6.03. The van der Waals surface area contributed by atoms with Gasteiger partial charge in [-0.2, -0.15) is 0 Å². The van der Waals surface area contributed by atoms with E-state index in [0.717, 1.165) is 0 Å². The van der Waals surface area contributed by atoms with E-state index in [0.29, 0.717) is 36.8 Å². The normalized spacial score (nSPS) is 16.6. The first kappa shape index (κ1) is 13.8. The van der Waals surface area contributed by atoms with Crippen molar-refractivity contribution in [2.24, 2.45) is 0 Å². The molecule has 1 aromatic heterocycles. The second-order valence-electron chi connectivity index (χ2n) is 4.25. The quantitative estimate of drug-likeness (QED) is 0.885. The van der Waals surface area contributed by atoms with E-state index in [1.54, 1.807) is 11.8 Å². The van der Waals surface area contributed by atoms with Crippen LogP contribution in [-0.4, -0.2) is 50.7 Å². The molecule has 1 N–H and O–H groups in total. The maximum absolute atomic E-state index is 12.2. The maximum Gasteiger partial charge on any atom is 0.339 e. The highest BCUT2D eigenvalue weighted by Gasteiger charge is 2.26. The Hall–Kier alpha value is -1.63. The van der Waals surface area contributed by atoms with Crippen molar-refractivity contribution in [3.8, 4) is 0 Å². The van der Waals surface area contributed by atoms with E-state index in [1.165, 1.54) is 6.07 Å². The van der Waals surface area contributed by atoms with Gasteiger partial charge in [0.25, 0.3) is 5.91 Å². The average molecular weight is 285 g/mol. The number of hydrogen-bond acceptors (Lipinski definition) is 4. The molecule has 2 rings (SSSR count). The number of nitrogens with zero attached hydrogens (tertiary/aromatic N) is 1. The fourth-order valence-corrected chi connectivity index (χ4v) is 3.03. The van der Waals surface area contributed by atoms with Crippen molar-refractivity contribution >= 4 is 22.7 Å². The monoisotopic (exact) mass is 285 g/mol. The molecule has 0 bridgehead atoms. The molecule has 1 aliphatic rings. The summed E-state index contributed by atoms with van der Waals surface area (Å²) in [5.74, 6) is -0.172. The Morgan fingerprint density at radius 1 is 1.42 bits per heavy atom. The largest absolute Gasteiger partial charge is 0.478 e. The zero-order valence-electron chi connectivity index (χ0n) is 10.5. The summed E-state index contributed by atoms with van der Waals surface area (Å²) >= 11 is 0. The van der Waals surface area contributed by atoms with Gasteiger partial charge in [-0.1, -0.05) is 6.92 Å². The highest BCUT2D eigenvalue weighted by Crippen LogP contribution is 2.18. The van der Waals surface area contributed by atoms with Crippen LogP contribution >= 0.6 is 0 Å². The summed E-state index contributed by atoms with van der Waals surface area (Å²) in [4.78, 5) is 24.7. The second kappa shape index (κ2) is 5.56. The highest BCUT2D eigenvalue weighted by atomic mass is 32.2. The lowest BCUT2D eigenvalue weighted by Gasteiger charge is -2.25. The molecule has 1 aliphatic heterocycles. The van der Waals surface area contributed by atoms with Crippen LogP contribution in [0.3, 0.4) is 0 Å². The van der Waals surface area contributed by atoms with Crippen molar-refractivity contribution in [3.63, 3.8) is 0 Å². The van der Waals surface area contributed by atoms with Crippen molar-refractivity contribution in [1.29, 1.82) is 0 Å². The third kappa shape index (κ3) is 2.86. The van der Waals surface area contributed by atoms with E-state index in [4.69, 9.17) is 9.52 Å². The third-order valence-corrected chi connectivity index (χ3v) is 4.31. The summed E-state index contributed by atoms with van der Waals surface area (Å²) in [6.45, 7) is 2.59. The smallest absolute Gasteiger partial charge is 0.339 e. The number of aromatic carboxylic acids is 1. The molecule has 7 heteroatoms. The van der Waals surface area contributed by atoms with Crippen molar-refractivity contribution in [2.75, 3.05) is 24.6 Å². The molecule has 0 aromatic carbocycles. The lowest BCUT2D eigenvalue weighted by atomic mass is 10.2. The summed E-state index contributed by atoms with van der Waals surface area (Å²) in [6, 6.07) is 1.27. The second-order valence-corrected chi connectivity index (χ2v) is 5.94. The van der Waals surface area contributed by atoms with Gasteiger partial charge >= 0.3 is 5.97 Å². The van der Waals surface area contributed by atoms with Crippen molar-refractivity contribution in [2.45, 2.75) is 13.3 Å². The van der Waals surface area contributed by atoms with Crippen LogP contribution in [0, 0.1) is 0 Å². The summed E-state index contributed by atoms with van der Waals surface area (Å²) in [6.07, 6.45) is 0.416. The van der Waals surface area contributed by atoms with Crippen LogP contribution in [0.4, 0.5) is 0 Å². The summed E-state index contributed by atoms with van der Waals surface area (Å²) in [5.41, 5.74) is 0.0337. The van der Waals surface area contributed by atoms with Gasteiger partial charge in [-0.3, -0.25) is 9.00 Å². The molecule has 0 radical (unpaired) electrons. The van der Waals surface area contributed by atoms with E-state index in [1.807, 2.05) is 0 Å². The highest BCUT2D eigenvalue weighted by molar-refractivity contribution is 7.85. The molecule has 1 amide bonds. The van der Waals surface area contributed by atoms with Crippen LogP contribution in [0.15, 0.2) is 10.5 Å². The maximum atomic E-state index is 12.2. The van der Waals surface area contributed by atoms with Crippen LogP contribution in [0.2, 0.25) is 0 Å². The molecule has 0 saturated carbocycles. The van der Waals surface area contributed by atoms with E-state index >= 15 is 0 Å². The molecule has 1 fully saturated rings. The predicted octanol–water partition coefficient (Wildman–Crippen LogP) is 0.745. The number of amides is 1. The zero-order valence-corrected chi connectivity index (χ0v) is 11.4. The first-order chi connectivity index (χ1) is 9.02. The van der Waals surface area contributed by atoms with Gasteiger partial charge in [-0.15, -0.1) is 0 Å². The van der Waals surface area contributed by atoms with Gasteiger partial charge in [0.1, 0.15) is 11.3 Å². The van der Waals surface area contributed by atoms with Crippen LogP contribution < -0.4 is 0 Å². The number of carboxylic acid groups (broad SMARTS) is 1. The molecule has 2 heterocycles. The van der Waals surface area contributed by atoms with Gasteiger partial charge in [0.05, 0.1) is 0 Å². The van der Waals surface area contributed by atoms with Crippen molar-refractivity contribution < 1.29 is 23.3 Å². The van der Waals surface area contributed by atoms with Crippen molar-refractivity contribution in [1.82, 2.24) is 4.90 Å². The van der Waals surface area contributed by atoms with Crippen LogP contribution in [0.25, 0.3) is 0 Å². The first-order valence-corrected chi connectivity index (χ1v) is 7.52. The SMILES string of the molecule is CCc1oc(C(=O)N2CCS(=O)CC2)cc1C(=O)O. The van der Waals surface area contributed by atoms with E-state index in [2.05, 4.69) is 0 Å². The molecule has 6 nitrogen and oxygen atoms in total. The Bertz CT molecular complexity index is 526. The topological polar surface area (TPSA) is 87.8 Å². The molecule has 0 atom stereocenters. The van der Waals surface area contributed by atoms with Crippen molar-refractivity contribution in [3.05, 3.63) is 23.2 Å². The minimum atomic E-state index is -1.10. The van der Waals surface area contributed by atoms with Gasteiger partial charge in [-0.25, -0.2) is 4.79 Å². The molecular formula is C12H15NO5S. The molecule has 19 heavy (non-hydrogen) atoms. The molecule has 0 unspecified atom stereocenters. The Morgan fingerprint density at radius 2 is 2.05 bits per heavy atom. The van der Waals surface area contributed by atoms with Crippen LogP contribution in [0.1, 0.15) is 33.6 Å². The number of aryl methyl sites for hydroxylation is 1. The van der Waals surface area contributed by atoms with Gasteiger partial charge in [0, 0.05) is 47.9 Å². The number of hydrogen-bond donors (Lipinski definition) is 1. The standard InChI is InChI=1S/C12H15NO5S/c1-2-9-8(12(15)16)7-10(18-9)11(14)13-3-5-19(17)6-4-13/h7H,2-6H2,1H3,(H,15,16). The Labute approximate surface area is 112 Å². The molecule has 1 saturated heterocycles. The summed E-state index contributed by atoms with van der Waals surface area (Å²) in [5, 5.41) is 9.01.